The Labute approximate surface area is 76.0 Å². The molecule has 4 heteroatoms. The number of alkyl halides is 1. The number of hydrogen-bond donors (Lipinski definition) is 0. The normalized spacial score (nSPS) is 12.9. The second-order valence-corrected chi connectivity index (χ2v) is 3.45. The van der Waals surface area contributed by atoms with Gasteiger partial charge < -0.3 is 4.55 Å². The van der Waals surface area contributed by atoms with Crippen molar-refractivity contribution in [1.29, 1.82) is 0 Å². The molecule has 0 aromatic heterocycles. The summed E-state index contributed by atoms with van der Waals surface area (Å²) in [6, 6.07) is 6.88. The van der Waals surface area contributed by atoms with Gasteiger partial charge in [0.1, 0.15) is 0 Å². The van der Waals surface area contributed by atoms with E-state index < -0.39 is 11.1 Å². The van der Waals surface area contributed by atoms with Gasteiger partial charge in [-0.05, 0) is 22.7 Å². The first-order chi connectivity index (χ1) is 5.25. The zero-order valence-electron chi connectivity index (χ0n) is 5.62. The van der Waals surface area contributed by atoms with E-state index in [2.05, 4.69) is 15.9 Å². The molecule has 0 bridgehead atoms. The Morgan fingerprint density at radius 2 is 2.09 bits per heavy atom. The van der Waals surface area contributed by atoms with Crippen molar-refractivity contribution in [3.63, 3.8) is 0 Å². The fourth-order valence-corrected chi connectivity index (χ4v) is 2.00. The molecular formula is C7H6BrO2S-. The van der Waals surface area contributed by atoms with Crippen molar-refractivity contribution in [2.75, 3.05) is 0 Å². The molecule has 0 saturated heterocycles. The summed E-state index contributed by atoms with van der Waals surface area (Å²) in [5, 5.41) is 0.567. The molecule has 0 aliphatic heterocycles. The maximum atomic E-state index is 10.6. The van der Waals surface area contributed by atoms with E-state index in [9.17, 15) is 8.76 Å². The molecule has 1 rings (SSSR count). The first kappa shape index (κ1) is 8.90. The second kappa shape index (κ2) is 3.99. The number of rotatable bonds is 2. The van der Waals surface area contributed by atoms with Gasteiger partial charge in [-0.2, -0.15) is 0 Å². The van der Waals surface area contributed by atoms with Crippen molar-refractivity contribution in [2.24, 2.45) is 0 Å². The molecular weight excluding hydrogens is 228 g/mol. The minimum Gasteiger partial charge on any atom is -0.768 e. The highest BCUT2D eigenvalue weighted by molar-refractivity contribution is 9.08. The van der Waals surface area contributed by atoms with Crippen molar-refractivity contribution in [2.45, 2.75) is 10.2 Å². The van der Waals surface area contributed by atoms with Crippen LogP contribution in [0.2, 0.25) is 0 Å². The molecule has 0 aliphatic rings. The summed E-state index contributed by atoms with van der Waals surface area (Å²) in [7, 11) is 0. The Morgan fingerprint density at radius 1 is 1.45 bits per heavy atom. The van der Waals surface area contributed by atoms with Crippen molar-refractivity contribution in [1.82, 2.24) is 0 Å². The standard InChI is InChI=1S/C7H7BrO2S/c8-5-6-3-1-2-4-7(6)11(9)10/h1-4H,5H2,(H,9,10)/p-1. The topological polar surface area (TPSA) is 40.1 Å². The summed E-state index contributed by atoms with van der Waals surface area (Å²) in [4.78, 5) is 0.365. The molecule has 1 atom stereocenters. The Hall–Kier alpha value is -0.190. The highest BCUT2D eigenvalue weighted by atomic mass is 79.9. The molecule has 0 N–H and O–H groups in total. The van der Waals surface area contributed by atoms with Crippen LogP contribution in [-0.2, 0) is 16.4 Å². The quantitative estimate of drug-likeness (QED) is 0.578. The van der Waals surface area contributed by atoms with E-state index >= 15 is 0 Å². The van der Waals surface area contributed by atoms with E-state index in [0.717, 1.165) is 5.56 Å². The summed E-state index contributed by atoms with van der Waals surface area (Å²) in [5.74, 6) is 0. The van der Waals surface area contributed by atoms with Gasteiger partial charge in [0.2, 0.25) is 0 Å². The van der Waals surface area contributed by atoms with E-state index in [1.54, 1.807) is 18.2 Å². The molecule has 0 aliphatic carbocycles. The third-order valence-corrected chi connectivity index (χ3v) is 2.66. The van der Waals surface area contributed by atoms with E-state index in [4.69, 9.17) is 0 Å². The predicted octanol–water partition coefficient (Wildman–Crippen LogP) is 1.82. The molecule has 1 aromatic rings. The van der Waals surface area contributed by atoms with Gasteiger partial charge >= 0.3 is 0 Å². The van der Waals surface area contributed by atoms with Crippen LogP contribution in [-0.4, -0.2) is 8.76 Å². The molecule has 1 aromatic carbocycles. The lowest BCUT2D eigenvalue weighted by atomic mass is 10.2. The van der Waals surface area contributed by atoms with Crippen LogP contribution in [0.25, 0.3) is 0 Å². The Morgan fingerprint density at radius 3 is 2.55 bits per heavy atom. The molecule has 0 heterocycles. The van der Waals surface area contributed by atoms with Gasteiger partial charge in [-0.3, -0.25) is 4.21 Å². The van der Waals surface area contributed by atoms with E-state index in [-0.39, 0.29) is 0 Å². The first-order valence-corrected chi connectivity index (χ1v) is 5.18. The Balaban J connectivity index is 3.12. The fraction of sp³-hybridized carbons (Fsp3) is 0.143. The van der Waals surface area contributed by atoms with Crippen LogP contribution in [0.3, 0.4) is 0 Å². The molecule has 1 unspecified atom stereocenters. The monoisotopic (exact) mass is 233 g/mol. The number of halogens is 1. The molecule has 0 spiro atoms. The zero-order valence-corrected chi connectivity index (χ0v) is 8.02. The molecule has 0 saturated carbocycles. The van der Waals surface area contributed by atoms with Crippen LogP contribution >= 0.6 is 15.9 Å². The van der Waals surface area contributed by atoms with Crippen molar-refractivity contribution in [3.05, 3.63) is 29.8 Å². The molecule has 11 heavy (non-hydrogen) atoms. The summed E-state index contributed by atoms with van der Waals surface area (Å²) >= 11 is 1.08. The van der Waals surface area contributed by atoms with Crippen LogP contribution in [0.5, 0.6) is 0 Å². The number of benzene rings is 1. The fourth-order valence-electron chi connectivity index (χ4n) is 0.777. The van der Waals surface area contributed by atoms with Crippen molar-refractivity contribution < 1.29 is 8.76 Å². The van der Waals surface area contributed by atoms with Gasteiger partial charge in [-0.25, -0.2) is 0 Å². The number of hydrogen-bond acceptors (Lipinski definition) is 2. The minimum absolute atomic E-state index is 0.365. The second-order valence-electron chi connectivity index (χ2n) is 1.98. The van der Waals surface area contributed by atoms with Crippen molar-refractivity contribution in [3.8, 4) is 0 Å². The summed E-state index contributed by atoms with van der Waals surface area (Å²) in [6.45, 7) is 0. The van der Waals surface area contributed by atoms with Gasteiger partial charge in [0.15, 0.2) is 0 Å². The molecule has 0 fully saturated rings. The predicted molar refractivity (Wildman–Crippen MR) is 46.3 cm³/mol. The highest BCUT2D eigenvalue weighted by Crippen LogP contribution is 2.14. The average molecular weight is 234 g/mol. The van der Waals surface area contributed by atoms with Gasteiger partial charge in [-0.15, -0.1) is 0 Å². The maximum Gasteiger partial charge on any atom is 0.0294 e. The van der Waals surface area contributed by atoms with Gasteiger partial charge in [0.25, 0.3) is 0 Å². The van der Waals surface area contributed by atoms with Crippen LogP contribution in [0, 0.1) is 0 Å². The average Bonchev–Trinajstić information content (AvgIpc) is 2.04. The van der Waals surface area contributed by atoms with Crippen LogP contribution in [0.4, 0.5) is 0 Å². The molecule has 0 amide bonds. The van der Waals surface area contributed by atoms with E-state index in [1.807, 2.05) is 6.07 Å². The van der Waals surface area contributed by atoms with E-state index in [0.29, 0.717) is 10.2 Å². The lowest BCUT2D eigenvalue weighted by molar-refractivity contribution is 0.536. The maximum absolute atomic E-state index is 10.6. The van der Waals surface area contributed by atoms with E-state index in [1.165, 1.54) is 0 Å². The third-order valence-electron chi connectivity index (χ3n) is 1.30. The minimum atomic E-state index is -2.12. The van der Waals surface area contributed by atoms with Crippen LogP contribution in [0.15, 0.2) is 29.2 Å². The third kappa shape index (κ3) is 2.12. The SMILES string of the molecule is O=S([O-])c1ccccc1CBr. The van der Waals surface area contributed by atoms with Gasteiger partial charge in [0, 0.05) is 10.2 Å². The largest absolute Gasteiger partial charge is 0.768 e. The summed E-state index contributed by atoms with van der Waals surface area (Å²) in [5.41, 5.74) is 0.792. The zero-order chi connectivity index (χ0) is 8.27. The van der Waals surface area contributed by atoms with Gasteiger partial charge in [0.05, 0.1) is 0 Å². The van der Waals surface area contributed by atoms with Crippen molar-refractivity contribution >= 4 is 27.0 Å². The Kier molecular flexibility index (Phi) is 3.23. The van der Waals surface area contributed by atoms with Crippen LogP contribution in [0.1, 0.15) is 5.56 Å². The smallest absolute Gasteiger partial charge is 0.0294 e. The van der Waals surface area contributed by atoms with Crippen LogP contribution < -0.4 is 0 Å². The lowest BCUT2D eigenvalue weighted by Gasteiger charge is -2.08. The molecule has 2 nitrogen and oxygen atoms in total. The summed E-state index contributed by atoms with van der Waals surface area (Å²) in [6.07, 6.45) is 0. The molecule has 0 radical (unpaired) electrons. The highest BCUT2D eigenvalue weighted by Gasteiger charge is 1.98. The Bertz CT molecular complexity index is 275. The lowest BCUT2D eigenvalue weighted by Crippen LogP contribution is -1.93. The summed E-state index contributed by atoms with van der Waals surface area (Å²) < 4.78 is 21.1. The van der Waals surface area contributed by atoms with Gasteiger partial charge in [-0.1, -0.05) is 34.1 Å². The first-order valence-electron chi connectivity index (χ1n) is 2.99. The molecule has 60 valence electrons.